The summed E-state index contributed by atoms with van der Waals surface area (Å²) in [5.74, 6) is -0.787. The maximum absolute atomic E-state index is 11.5. The van der Waals surface area contributed by atoms with E-state index < -0.39 is 12.0 Å². The lowest BCUT2D eigenvalue weighted by Crippen LogP contribution is -2.40. The van der Waals surface area contributed by atoms with Crippen LogP contribution in [0.1, 0.15) is 23.1 Å². The maximum atomic E-state index is 11.5. The summed E-state index contributed by atoms with van der Waals surface area (Å²) in [6.45, 7) is 1.80. The highest BCUT2D eigenvalue weighted by Crippen LogP contribution is 2.04. The molecule has 1 unspecified atom stereocenters. The molecule has 1 aromatic heterocycles. The number of rotatable bonds is 4. The smallest absolute Gasteiger partial charge is 0.328 e. The Bertz CT molecular complexity index is 337. The number of methoxy groups -OCH3 is 1. The lowest BCUT2D eigenvalue weighted by Gasteiger charge is -2.12. The second-order valence-corrected chi connectivity index (χ2v) is 3.69. The number of nitrogens with one attached hydrogen (secondary N) is 1. The van der Waals surface area contributed by atoms with Gasteiger partial charge in [-0.3, -0.25) is 4.79 Å². The van der Waals surface area contributed by atoms with E-state index >= 15 is 0 Å². The number of nitrogens with zero attached hydrogens (tertiary/aromatic N) is 1. The van der Waals surface area contributed by atoms with Crippen molar-refractivity contribution >= 4 is 23.2 Å². The predicted octanol–water partition coefficient (Wildman–Crippen LogP) is 0.825. The van der Waals surface area contributed by atoms with Gasteiger partial charge < -0.3 is 10.1 Å². The summed E-state index contributed by atoms with van der Waals surface area (Å²) in [5.41, 5.74) is 0. The molecule has 0 bridgehead atoms. The molecule has 15 heavy (non-hydrogen) atoms. The van der Waals surface area contributed by atoms with Gasteiger partial charge in [0, 0.05) is 11.6 Å². The summed E-state index contributed by atoms with van der Waals surface area (Å²) in [6.07, 6.45) is 2.03. The van der Waals surface area contributed by atoms with Gasteiger partial charge in [-0.2, -0.15) is 0 Å². The molecular formula is C9H12N2O3S. The molecule has 1 heterocycles. The standard InChI is InChI=1S/C9H12N2O3S/c1-3-6(9(13)14-2)11-7(12)8-10-4-5-15-8/h4-6H,3H2,1-2H3,(H,11,12). The molecular weight excluding hydrogens is 216 g/mol. The van der Waals surface area contributed by atoms with Crippen LogP contribution in [-0.2, 0) is 9.53 Å². The first kappa shape index (κ1) is 11.6. The molecule has 1 atom stereocenters. The third-order valence-corrected chi connectivity index (χ3v) is 2.60. The van der Waals surface area contributed by atoms with Gasteiger partial charge in [0.05, 0.1) is 7.11 Å². The van der Waals surface area contributed by atoms with Crippen LogP contribution in [0.5, 0.6) is 0 Å². The molecule has 1 aromatic rings. The number of thiazole rings is 1. The predicted molar refractivity (Wildman–Crippen MR) is 55.7 cm³/mol. The Balaban J connectivity index is 2.60. The maximum Gasteiger partial charge on any atom is 0.328 e. The quantitative estimate of drug-likeness (QED) is 0.775. The first-order valence-corrected chi connectivity index (χ1v) is 5.35. The van der Waals surface area contributed by atoms with Crippen LogP contribution in [-0.4, -0.2) is 30.0 Å². The molecule has 0 radical (unpaired) electrons. The van der Waals surface area contributed by atoms with Crippen LogP contribution in [0.2, 0.25) is 0 Å². The Hall–Kier alpha value is -1.43. The second kappa shape index (κ2) is 5.45. The van der Waals surface area contributed by atoms with Crippen molar-refractivity contribution in [3.63, 3.8) is 0 Å². The van der Waals surface area contributed by atoms with Crippen molar-refractivity contribution in [2.75, 3.05) is 7.11 Å². The van der Waals surface area contributed by atoms with E-state index in [0.29, 0.717) is 11.4 Å². The molecule has 5 nitrogen and oxygen atoms in total. The first-order chi connectivity index (χ1) is 7.19. The Morgan fingerprint density at radius 1 is 1.67 bits per heavy atom. The molecule has 0 aromatic carbocycles. The van der Waals surface area contributed by atoms with Gasteiger partial charge in [-0.1, -0.05) is 6.92 Å². The van der Waals surface area contributed by atoms with Gasteiger partial charge in [0.1, 0.15) is 6.04 Å². The summed E-state index contributed by atoms with van der Waals surface area (Å²) in [7, 11) is 1.29. The SMILES string of the molecule is CCC(NC(=O)c1nccs1)C(=O)OC. The summed E-state index contributed by atoms with van der Waals surface area (Å²) >= 11 is 1.23. The molecule has 1 amide bonds. The van der Waals surface area contributed by atoms with Crippen molar-refractivity contribution in [3.05, 3.63) is 16.6 Å². The molecule has 1 N–H and O–H groups in total. The molecule has 6 heteroatoms. The van der Waals surface area contributed by atoms with Gasteiger partial charge in [0.25, 0.3) is 5.91 Å². The monoisotopic (exact) mass is 228 g/mol. The molecule has 0 saturated heterocycles. The highest BCUT2D eigenvalue weighted by molar-refractivity contribution is 7.11. The normalized spacial score (nSPS) is 11.9. The highest BCUT2D eigenvalue weighted by atomic mass is 32.1. The molecule has 1 rings (SSSR count). The van der Waals surface area contributed by atoms with E-state index in [1.165, 1.54) is 18.4 Å². The van der Waals surface area contributed by atoms with E-state index in [2.05, 4.69) is 15.0 Å². The number of ether oxygens (including phenoxy) is 1. The summed E-state index contributed by atoms with van der Waals surface area (Å²) < 4.78 is 4.55. The van der Waals surface area contributed by atoms with Gasteiger partial charge in [0.15, 0.2) is 5.01 Å². The number of carbonyl (C=O) groups is 2. The number of hydrogen-bond acceptors (Lipinski definition) is 5. The Morgan fingerprint density at radius 2 is 2.40 bits per heavy atom. The van der Waals surface area contributed by atoms with Gasteiger partial charge in [-0.25, -0.2) is 9.78 Å². The van der Waals surface area contributed by atoms with Crippen LogP contribution in [0.25, 0.3) is 0 Å². The van der Waals surface area contributed by atoms with Crippen LogP contribution in [0.4, 0.5) is 0 Å². The van der Waals surface area contributed by atoms with Gasteiger partial charge in [0.2, 0.25) is 0 Å². The second-order valence-electron chi connectivity index (χ2n) is 2.79. The highest BCUT2D eigenvalue weighted by Gasteiger charge is 2.20. The average molecular weight is 228 g/mol. The molecule has 0 spiro atoms. The number of carbonyl (C=O) groups excluding carboxylic acids is 2. The van der Waals surface area contributed by atoms with Crippen molar-refractivity contribution in [1.82, 2.24) is 10.3 Å². The van der Waals surface area contributed by atoms with E-state index in [-0.39, 0.29) is 5.91 Å². The van der Waals surface area contributed by atoms with Crippen LogP contribution < -0.4 is 5.32 Å². The number of hydrogen-bond donors (Lipinski definition) is 1. The minimum Gasteiger partial charge on any atom is -0.467 e. The van der Waals surface area contributed by atoms with Crippen molar-refractivity contribution in [1.29, 1.82) is 0 Å². The van der Waals surface area contributed by atoms with Crippen LogP contribution in [0.15, 0.2) is 11.6 Å². The topological polar surface area (TPSA) is 68.3 Å². The van der Waals surface area contributed by atoms with Crippen LogP contribution in [0.3, 0.4) is 0 Å². The first-order valence-electron chi connectivity index (χ1n) is 4.47. The minimum absolute atomic E-state index is 0.345. The zero-order chi connectivity index (χ0) is 11.3. The molecule has 0 aliphatic carbocycles. The fraction of sp³-hybridized carbons (Fsp3) is 0.444. The third kappa shape index (κ3) is 3.02. The van der Waals surface area contributed by atoms with Gasteiger partial charge in [-0.15, -0.1) is 11.3 Å². The number of amides is 1. The van der Waals surface area contributed by atoms with E-state index in [4.69, 9.17) is 0 Å². The van der Waals surface area contributed by atoms with Crippen molar-refractivity contribution in [3.8, 4) is 0 Å². The fourth-order valence-electron chi connectivity index (χ4n) is 1.03. The summed E-state index contributed by atoms with van der Waals surface area (Å²) in [6, 6.07) is -0.605. The van der Waals surface area contributed by atoms with E-state index in [0.717, 1.165) is 0 Å². The lowest BCUT2D eigenvalue weighted by molar-refractivity contribution is -0.142. The number of aromatic nitrogens is 1. The van der Waals surface area contributed by atoms with Gasteiger partial charge in [-0.05, 0) is 6.42 Å². The zero-order valence-corrected chi connectivity index (χ0v) is 9.34. The Labute approximate surface area is 91.5 Å². The average Bonchev–Trinajstić information content (AvgIpc) is 2.77. The van der Waals surface area contributed by atoms with Crippen LogP contribution >= 0.6 is 11.3 Å². The van der Waals surface area contributed by atoms with Gasteiger partial charge >= 0.3 is 5.97 Å². The summed E-state index contributed by atoms with van der Waals surface area (Å²) in [5, 5.41) is 4.60. The number of esters is 1. The van der Waals surface area contributed by atoms with Crippen LogP contribution in [0, 0.1) is 0 Å². The largest absolute Gasteiger partial charge is 0.467 e. The van der Waals surface area contributed by atoms with E-state index in [1.807, 2.05) is 0 Å². The molecule has 0 aliphatic rings. The Kier molecular flexibility index (Phi) is 4.23. The third-order valence-electron chi connectivity index (χ3n) is 1.83. The minimum atomic E-state index is -0.605. The van der Waals surface area contributed by atoms with Crippen molar-refractivity contribution in [2.24, 2.45) is 0 Å². The molecule has 82 valence electrons. The molecule has 0 saturated carbocycles. The fourth-order valence-corrected chi connectivity index (χ4v) is 1.56. The van der Waals surface area contributed by atoms with E-state index in [1.54, 1.807) is 18.5 Å². The van der Waals surface area contributed by atoms with Crippen molar-refractivity contribution in [2.45, 2.75) is 19.4 Å². The molecule has 0 aliphatic heterocycles. The van der Waals surface area contributed by atoms with Crippen molar-refractivity contribution < 1.29 is 14.3 Å². The lowest BCUT2D eigenvalue weighted by atomic mass is 10.2. The zero-order valence-electron chi connectivity index (χ0n) is 8.52. The molecule has 0 fully saturated rings. The Morgan fingerprint density at radius 3 is 2.87 bits per heavy atom. The summed E-state index contributed by atoms with van der Waals surface area (Å²) in [4.78, 5) is 26.6. The van der Waals surface area contributed by atoms with E-state index in [9.17, 15) is 9.59 Å².